The van der Waals surface area contributed by atoms with Crippen molar-refractivity contribution in [2.45, 2.75) is 121 Å². The van der Waals surface area contributed by atoms with Crippen molar-refractivity contribution in [2.24, 2.45) is 23.5 Å². The number of primary amides is 1. The molecular formula is C46H64N8O8S. The summed E-state index contributed by atoms with van der Waals surface area (Å²) in [6.45, 7) is 6.64. The number of piperidine rings is 1. The van der Waals surface area contributed by atoms with Crippen molar-refractivity contribution >= 4 is 59.0 Å². The van der Waals surface area contributed by atoms with Crippen LogP contribution in [-0.2, 0) is 40.0 Å². The lowest BCUT2D eigenvalue weighted by atomic mass is 9.72. The highest BCUT2D eigenvalue weighted by Crippen LogP contribution is 2.39. The van der Waals surface area contributed by atoms with Gasteiger partial charge in [0.1, 0.15) is 23.9 Å². The van der Waals surface area contributed by atoms with Crippen molar-refractivity contribution in [2.75, 3.05) is 25.4 Å². The molecule has 2 aliphatic rings. The van der Waals surface area contributed by atoms with Gasteiger partial charge in [-0.3, -0.25) is 28.9 Å². The Kier molecular flexibility index (Phi) is 18.3. The number of hydrogen-bond acceptors (Lipinski definition) is 12. The summed E-state index contributed by atoms with van der Waals surface area (Å²) in [7, 11) is 0. The minimum Gasteiger partial charge on any atom is -0.457 e. The van der Waals surface area contributed by atoms with Gasteiger partial charge in [0, 0.05) is 36.2 Å². The van der Waals surface area contributed by atoms with E-state index < -0.39 is 71.8 Å². The van der Waals surface area contributed by atoms with E-state index in [1.165, 1.54) is 6.07 Å². The van der Waals surface area contributed by atoms with Gasteiger partial charge in [0.25, 0.3) is 5.91 Å². The van der Waals surface area contributed by atoms with Crippen molar-refractivity contribution < 1.29 is 38.3 Å². The number of rotatable bonds is 21. The second kappa shape index (κ2) is 23.5. The summed E-state index contributed by atoms with van der Waals surface area (Å²) in [6.07, 6.45) is 4.42. The van der Waals surface area contributed by atoms with Gasteiger partial charge in [-0.15, -0.1) is 0 Å². The molecule has 8 N–H and O–H groups in total. The third-order valence-corrected chi connectivity index (χ3v) is 12.0. The van der Waals surface area contributed by atoms with Gasteiger partial charge in [-0.2, -0.15) is 12.6 Å². The van der Waals surface area contributed by atoms with Crippen molar-refractivity contribution in [3.63, 3.8) is 0 Å². The quantitative estimate of drug-likeness (QED) is 0.0355. The predicted octanol–water partition coefficient (Wildman–Crippen LogP) is 3.12. The van der Waals surface area contributed by atoms with Crippen molar-refractivity contribution in [1.82, 2.24) is 31.2 Å². The molecule has 0 spiro atoms. The number of para-hydroxylation sites is 1. The Labute approximate surface area is 375 Å². The lowest BCUT2D eigenvalue weighted by molar-refractivity contribution is -0.157. The van der Waals surface area contributed by atoms with Crippen LogP contribution >= 0.6 is 12.6 Å². The fraction of sp³-hybridized carbons (Fsp3) is 0.543. The summed E-state index contributed by atoms with van der Waals surface area (Å²) in [4.78, 5) is 93.0. The molecule has 2 aromatic carbocycles. The van der Waals surface area contributed by atoms with Gasteiger partial charge >= 0.3 is 5.97 Å². The molecule has 63 heavy (non-hydrogen) atoms. The monoisotopic (exact) mass is 888 g/mol. The first-order chi connectivity index (χ1) is 30.1. The van der Waals surface area contributed by atoms with Gasteiger partial charge in [-0.05, 0) is 82.4 Å². The number of ether oxygens (including phenoxy) is 1. The number of carbonyl (C=O) groups is 6. The van der Waals surface area contributed by atoms with E-state index in [0.717, 1.165) is 36.6 Å². The molecule has 0 bridgehead atoms. The number of carbonyl (C=O) groups excluding carboxylic acids is 6. The Morgan fingerprint density at radius 3 is 2.30 bits per heavy atom. The average molecular weight is 889 g/mol. The van der Waals surface area contributed by atoms with E-state index in [4.69, 9.17) is 16.4 Å². The number of nitrogens with two attached hydrogens (primary N) is 2. The standard InChI is InChI=1S/C46H64N8O8S/c1-46(2,3)53-44(59)38-24-31-16-7-8-17-32(31)26-54(38)27-39(62-45(60)37(28-63)50-41(56)19-11-12-22-61-48)35(23-29-13-5-4-6-14-29)51-43(58)36(25-40(47)55)52-42(57)34-21-20-30-15-9-10-18-33(30)49-34/h4-6,9-10,13-15,18,20-21,31-32,35-39,63H,7-8,11-12,16-17,19,22-28,48H2,1-3H3,(H2,47,55)(H,50,56)(H,51,58)(H,52,57)(H,53,59)/t31-,32+,35-,36-,37?,38-,39+/m0/s1. The second-order valence-electron chi connectivity index (χ2n) is 17.7. The maximum Gasteiger partial charge on any atom is 0.329 e. The summed E-state index contributed by atoms with van der Waals surface area (Å²) in [5.41, 5.74) is 6.51. The highest BCUT2D eigenvalue weighted by molar-refractivity contribution is 7.80. The molecular weight excluding hydrogens is 825 g/mol. The molecule has 5 rings (SSSR count). The Morgan fingerprint density at radius 1 is 0.889 bits per heavy atom. The normalized spacial score (nSPS) is 19.7. The smallest absolute Gasteiger partial charge is 0.329 e. The Bertz CT molecular complexity index is 2030. The zero-order valence-electron chi connectivity index (χ0n) is 36.6. The van der Waals surface area contributed by atoms with Gasteiger partial charge < -0.3 is 36.6 Å². The molecule has 0 radical (unpaired) electrons. The van der Waals surface area contributed by atoms with E-state index in [9.17, 15) is 28.8 Å². The van der Waals surface area contributed by atoms with E-state index in [1.807, 2.05) is 63.2 Å². The van der Waals surface area contributed by atoms with Crippen LogP contribution in [0, 0.1) is 11.8 Å². The van der Waals surface area contributed by atoms with Crippen LogP contribution in [-0.4, -0.2) is 107 Å². The third kappa shape index (κ3) is 15.0. The number of fused-ring (bicyclic) bond motifs is 2. The van der Waals surface area contributed by atoms with Crippen LogP contribution in [0.5, 0.6) is 0 Å². The number of nitrogens with one attached hydrogen (secondary N) is 4. The van der Waals surface area contributed by atoms with Crippen molar-refractivity contribution in [1.29, 1.82) is 0 Å². The van der Waals surface area contributed by atoms with Crippen molar-refractivity contribution in [3.05, 3.63) is 78.0 Å². The maximum atomic E-state index is 14.5. The van der Waals surface area contributed by atoms with Crippen LogP contribution < -0.4 is 32.9 Å². The van der Waals surface area contributed by atoms with Gasteiger partial charge in [-0.1, -0.05) is 73.9 Å². The van der Waals surface area contributed by atoms with Crippen LogP contribution in [0.2, 0.25) is 0 Å². The molecule has 17 heteroatoms. The minimum absolute atomic E-state index is 0.0295. The van der Waals surface area contributed by atoms with Crippen LogP contribution in [0.3, 0.4) is 0 Å². The molecule has 3 aromatic rings. The van der Waals surface area contributed by atoms with E-state index in [2.05, 4.69) is 48.6 Å². The SMILES string of the molecule is CC(C)(C)NC(=O)[C@@H]1C[C@@H]2CCCC[C@@H]2CN1C[C@@H](OC(=O)C(CS)NC(=O)CCCCON)[C@H](Cc1ccccc1)NC(=O)[C@H](CC(N)=O)NC(=O)c1ccc2ccccc2n1. The molecule has 7 atom stereocenters. The number of nitrogens with zero attached hydrogens (tertiary/aromatic N) is 2. The number of esters is 1. The summed E-state index contributed by atoms with van der Waals surface area (Å²) in [6, 6.07) is 15.7. The fourth-order valence-corrected chi connectivity index (χ4v) is 8.75. The maximum absolute atomic E-state index is 14.5. The first kappa shape index (κ1) is 48.9. The lowest BCUT2D eigenvalue weighted by Gasteiger charge is -2.47. The van der Waals surface area contributed by atoms with Crippen LogP contribution in [0.15, 0.2) is 66.7 Å². The molecule has 1 aliphatic heterocycles. The number of thiol groups is 1. The number of aromatic nitrogens is 1. The largest absolute Gasteiger partial charge is 0.457 e. The summed E-state index contributed by atoms with van der Waals surface area (Å²) < 4.78 is 6.39. The van der Waals surface area contributed by atoms with Gasteiger partial charge in [0.15, 0.2) is 0 Å². The molecule has 1 aliphatic carbocycles. The third-order valence-electron chi connectivity index (χ3n) is 11.6. The molecule has 1 saturated heterocycles. The molecule has 1 aromatic heterocycles. The van der Waals surface area contributed by atoms with E-state index in [-0.39, 0.29) is 43.3 Å². The molecule has 1 unspecified atom stereocenters. The molecule has 5 amide bonds. The van der Waals surface area contributed by atoms with Gasteiger partial charge in [0.2, 0.25) is 23.6 Å². The zero-order valence-corrected chi connectivity index (χ0v) is 37.4. The first-order valence-corrected chi connectivity index (χ1v) is 22.5. The highest BCUT2D eigenvalue weighted by Gasteiger charge is 2.43. The van der Waals surface area contributed by atoms with Crippen molar-refractivity contribution in [3.8, 4) is 0 Å². The molecule has 2 heterocycles. The topological polar surface area (TPSA) is 237 Å². The van der Waals surface area contributed by atoms with E-state index in [0.29, 0.717) is 43.2 Å². The van der Waals surface area contributed by atoms with Gasteiger partial charge in [0.05, 0.1) is 30.6 Å². The number of hydrogen-bond donors (Lipinski definition) is 7. The Balaban J connectivity index is 1.49. The minimum atomic E-state index is -1.43. The lowest BCUT2D eigenvalue weighted by Crippen LogP contribution is -2.62. The summed E-state index contributed by atoms with van der Waals surface area (Å²) >= 11 is 4.39. The zero-order chi connectivity index (χ0) is 45.5. The number of unbranched alkanes of at least 4 members (excludes halogenated alkanes) is 1. The van der Waals surface area contributed by atoms with E-state index >= 15 is 0 Å². The summed E-state index contributed by atoms with van der Waals surface area (Å²) in [5, 5.41) is 12.4. The van der Waals surface area contributed by atoms with Crippen LogP contribution in [0.4, 0.5) is 0 Å². The fourth-order valence-electron chi connectivity index (χ4n) is 8.51. The van der Waals surface area contributed by atoms with Crippen LogP contribution in [0.1, 0.15) is 94.6 Å². The number of pyridine rings is 1. The number of amides is 5. The Morgan fingerprint density at radius 2 is 1.60 bits per heavy atom. The number of benzene rings is 2. The highest BCUT2D eigenvalue weighted by atomic mass is 32.1. The predicted molar refractivity (Wildman–Crippen MR) is 242 cm³/mol. The molecule has 2 fully saturated rings. The molecule has 342 valence electrons. The van der Waals surface area contributed by atoms with E-state index in [1.54, 1.807) is 18.2 Å². The molecule has 1 saturated carbocycles. The Hall–Kier alpha value is -5.10. The molecule has 16 nitrogen and oxygen atoms in total. The van der Waals surface area contributed by atoms with Gasteiger partial charge in [-0.25, -0.2) is 15.7 Å². The number of likely N-dealkylation sites (tertiary alicyclic amines) is 1. The van der Waals surface area contributed by atoms with Crippen LogP contribution in [0.25, 0.3) is 10.9 Å². The average Bonchev–Trinajstić information content (AvgIpc) is 3.25. The summed E-state index contributed by atoms with van der Waals surface area (Å²) in [5.74, 6) is 2.09. The first-order valence-electron chi connectivity index (χ1n) is 21.9. The second-order valence-corrected chi connectivity index (χ2v) is 18.1.